The maximum Gasteiger partial charge on any atom is 0.257 e. The summed E-state index contributed by atoms with van der Waals surface area (Å²) >= 11 is 5.90. The number of rotatable bonds is 4. The Balaban J connectivity index is 0.00000208. The fourth-order valence-corrected chi connectivity index (χ4v) is 3.11. The van der Waals surface area contributed by atoms with Crippen molar-refractivity contribution in [2.75, 3.05) is 26.7 Å². The van der Waals surface area contributed by atoms with Crippen molar-refractivity contribution in [2.45, 2.75) is 12.8 Å². The quantitative estimate of drug-likeness (QED) is 0.902. The predicted molar refractivity (Wildman–Crippen MR) is 98.4 cm³/mol. The lowest BCUT2D eigenvalue weighted by molar-refractivity contribution is 0.0691. The molecule has 5 nitrogen and oxygen atoms in total. The number of carbonyl (C=O) groups is 1. The van der Waals surface area contributed by atoms with Crippen LogP contribution in [0.15, 0.2) is 36.7 Å². The molecule has 0 radical (unpaired) electrons. The molecule has 1 aliphatic rings. The average molecular weight is 369 g/mol. The van der Waals surface area contributed by atoms with Gasteiger partial charge in [-0.3, -0.25) is 4.79 Å². The minimum absolute atomic E-state index is 0. The van der Waals surface area contributed by atoms with E-state index < -0.39 is 0 Å². The Morgan fingerprint density at radius 3 is 2.58 bits per heavy atom. The van der Waals surface area contributed by atoms with Crippen molar-refractivity contribution in [3.8, 4) is 5.69 Å². The summed E-state index contributed by atoms with van der Waals surface area (Å²) in [6, 6.07) is 7.39. The van der Waals surface area contributed by atoms with Gasteiger partial charge in [-0.1, -0.05) is 11.6 Å². The molecule has 0 saturated carbocycles. The molecule has 1 aromatic carbocycles. The Morgan fingerprint density at radius 1 is 1.29 bits per heavy atom. The van der Waals surface area contributed by atoms with E-state index in [2.05, 4.69) is 10.4 Å². The molecule has 0 bridgehead atoms. The molecule has 0 atom stereocenters. The summed E-state index contributed by atoms with van der Waals surface area (Å²) in [5.41, 5.74) is 1.52. The first-order chi connectivity index (χ1) is 11.2. The van der Waals surface area contributed by atoms with Crippen molar-refractivity contribution in [1.82, 2.24) is 20.0 Å². The Bertz CT molecular complexity index is 663. The summed E-state index contributed by atoms with van der Waals surface area (Å²) in [5.74, 6) is 0.731. The van der Waals surface area contributed by atoms with Gasteiger partial charge in [0.25, 0.3) is 5.91 Å². The molecule has 1 fully saturated rings. The lowest BCUT2D eigenvalue weighted by atomic mass is 9.96. The topological polar surface area (TPSA) is 50.2 Å². The summed E-state index contributed by atoms with van der Waals surface area (Å²) in [6.07, 6.45) is 5.53. The molecule has 24 heavy (non-hydrogen) atoms. The van der Waals surface area contributed by atoms with E-state index in [1.165, 1.54) is 0 Å². The van der Waals surface area contributed by atoms with Crippen LogP contribution in [0.2, 0.25) is 5.02 Å². The fraction of sp³-hybridized carbons (Fsp3) is 0.412. The standard InChI is InChI=1S/C17H21ClN4O.ClH/c1-19-10-13-6-8-21(9-7-13)17(23)14-11-20-22(12-14)16-4-2-15(18)3-5-16;/h2-5,11-13,19H,6-10H2,1H3;1H. The highest BCUT2D eigenvalue weighted by atomic mass is 35.5. The Labute approximate surface area is 153 Å². The maximum atomic E-state index is 12.6. The van der Waals surface area contributed by atoms with Crippen LogP contribution >= 0.6 is 24.0 Å². The molecule has 3 rings (SSSR count). The number of hydrogen-bond donors (Lipinski definition) is 1. The highest BCUT2D eigenvalue weighted by Gasteiger charge is 2.24. The Hall–Kier alpha value is -1.56. The third-order valence-electron chi connectivity index (χ3n) is 4.32. The normalized spacial score (nSPS) is 15.2. The van der Waals surface area contributed by atoms with Gasteiger partial charge in [-0.2, -0.15) is 5.10 Å². The molecule has 1 saturated heterocycles. The van der Waals surface area contributed by atoms with Gasteiger partial charge < -0.3 is 10.2 Å². The molecule has 2 aromatic rings. The number of likely N-dealkylation sites (tertiary alicyclic amines) is 1. The lowest BCUT2D eigenvalue weighted by Gasteiger charge is -2.31. The number of carbonyl (C=O) groups excluding carboxylic acids is 1. The van der Waals surface area contributed by atoms with Crippen LogP contribution in [-0.4, -0.2) is 47.3 Å². The molecule has 1 aromatic heterocycles. The molecular weight excluding hydrogens is 347 g/mol. The first-order valence-electron chi connectivity index (χ1n) is 7.92. The van der Waals surface area contributed by atoms with Crippen molar-refractivity contribution >= 4 is 29.9 Å². The smallest absolute Gasteiger partial charge is 0.257 e. The van der Waals surface area contributed by atoms with Gasteiger partial charge in [0.1, 0.15) is 0 Å². The van der Waals surface area contributed by atoms with Crippen LogP contribution in [-0.2, 0) is 0 Å². The first kappa shape index (κ1) is 18.8. The predicted octanol–water partition coefficient (Wildman–Crippen LogP) is 3.02. The van der Waals surface area contributed by atoms with E-state index >= 15 is 0 Å². The van der Waals surface area contributed by atoms with Crippen molar-refractivity contribution in [1.29, 1.82) is 0 Å². The highest BCUT2D eigenvalue weighted by molar-refractivity contribution is 6.30. The van der Waals surface area contributed by atoms with E-state index in [0.29, 0.717) is 16.5 Å². The first-order valence-corrected chi connectivity index (χ1v) is 8.29. The van der Waals surface area contributed by atoms with E-state index in [0.717, 1.165) is 38.2 Å². The van der Waals surface area contributed by atoms with Gasteiger partial charge in [0.15, 0.2) is 0 Å². The summed E-state index contributed by atoms with van der Waals surface area (Å²) in [6.45, 7) is 2.66. The van der Waals surface area contributed by atoms with Crippen LogP contribution in [0.1, 0.15) is 23.2 Å². The van der Waals surface area contributed by atoms with E-state index in [1.807, 2.05) is 36.2 Å². The maximum absolute atomic E-state index is 12.6. The minimum atomic E-state index is 0. The second kappa shape index (κ2) is 8.51. The fourth-order valence-electron chi connectivity index (χ4n) is 2.98. The lowest BCUT2D eigenvalue weighted by Crippen LogP contribution is -2.40. The van der Waals surface area contributed by atoms with Crippen LogP contribution in [0.4, 0.5) is 0 Å². The molecule has 0 spiro atoms. The van der Waals surface area contributed by atoms with Crippen LogP contribution in [0, 0.1) is 5.92 Å². The molecule has 0 unspecified atom stereocenters. The van der Waals surface area contributed by atoms with Crippen molar-refractivity contribution in [3.05, 3.63) is 47.2 Å². The Morgan fingerprint density at radius 2 is 1.96 bits per heavy atom. The van der Waals surface area contributed by atoms with E-state index in [-0.39, 0.29) is 18.3 Å². The zero-order chi connectivity index (χ0) is 16.2. The molecule has 1 aliphatic heterocycles. The number of nitrogens with zero attached hydrogens (tertiary/aromatic N) is 3. The van der Waals surface area contributed by atoms with Crippen LogP contribution in [0.3, 0.4) is 0 Å². The minimum Gasteiger partial charge on any atom is -0.339 e. The molecule has 130 valence electrons. The van der Waals surface area contributed by atoms with Crippen LogP contribution in [0.5, 0.6) is 0 Å². The van der Waals surface area contributed by atoms with Gasteiger partial charge in [0.05, 0.1) is 17.4 Å². The van der Waals surface area contributed by atoms with Crippen LogP contribution < -0.4 is 5.32 Å². The van der Waals surface area contributed by atoms with E-state index in [4.69, 9.17) is 11.6 Å². The third-order valence-corrected chi connectivity index (χ3v) is 4.57. The summed E-state index contributed by atoms with van der Waals surface area (Å²) in [4.78, 5) is 14.5. The molecule has 1 amide bonds. The monoisotopic (exact) mass is 368 g/mol. The van der Waals surface area contributed by atoms with Crippen LogP contribution in [0.25, 0.3) is 5.69 Å². The van der Waals surface area contributed by atoms with E-state index in [9.17, 15) is 4.79 Å². The molecular formula is C17H22Cl2N4O. The van der Waals surface area contributed by atoms with Gasteiger partial charge in [-0.15, -0.1) is 12.4 Å². The number of nitrogens with one attached hydrogen (secondary N) is 1. The second-order valence-corrected chi connectivity index (χ2v) is 6.38. The number of amides is 1. The largest absolute Gasteiger partial charge is 0.339 e. The third kappa shape index (κ3) is 4.29. The van der Waals surface area contributed by atoms with Crippen molar-refractivity contribution < 1.29 is 4.79 Å². The van der Waals surface area contributed by atoms with Crippen molar-refractivity contribution in [3.63, 3.8) is 0 Å². The zero-order valence-corrected chi connectivity index (χ0v) is 15.2. The Kier molecular flexibility index (Phi) is 6.66. The summed E-state index contributed by atoms with van der Waals surface area (Å²) in [5, 5.41) is 8.19. The summed E-state index contributed by atoms with van der Waals surface area (Å²) < 4.78 is 1.71. The van der Waals surface area contributed by atoms with Gasteiger partial charge in [-0.05, 0) is 56.6 Å². The summed E-state index contributed by atoms with van der Waals surface area (Å²) in [7, 11) is 1.97. The number of aromatic nitrogens is 2. The van der Waals surface area contributed by atoms with Crippen molar-refractivity contribution in [2.24, 2.45) is 5.92 Å². The second-order valence-electron chi connectivity index (χ2n) is 5.94. The zero-order valence-electron chi connectivity index (χ0n) is 13.6. The van der Waals surface area contributed by atoms with E-state index in [1.54, 1.807) is 17.1 Å². The van der Waals surface area contributed by atoms with Gasteiger partial charge in [0.2, 0.25) is 0 Å². The highest BCUT2D eigenvalue weighted by Crippen LogP contribution is 2.19. The average Bonchev–Trinajstić information content (AvgIpc) is 3.06. The number of piperidine rings is 1. The molecule has 7 heteroatoms. The SMILES string of the molecule is CNCC1CCN(C(=O)c2cnn(-c3ccc(Cl)cc3)c2)CC1.Cl. The van der Waals surface area contributed by atoms with Gasteiger partial charge >= 0.3 is 0 Å². The van der Waals surface area contributed by atoms with Gasteiger partial charge in [-0.25, -0.2) is 4.68 Å². The number of hydrogen-bond acceptors (Lipinski definition) is 3. The number of benzene rings is 1. The molecule has 0 aliphatic carbocycles. The van der Waals surface area contributed by atoms with Gasteiger partial charge in [0, 0.05) is 24.3 Å². The molecule has 1 N–H and O–H groups in total. The number of halogens is 2. The molecule has 2 heterocycles.